The molecule has 1 aromatic heterocycles. The Kier molecular flexibility index (Phi) is 7.72. The molecule has 0 bridgehead atoms. The molecule has 4 nitrogen and oxygen atoms in total. The van der Waals surface area contributed by atoms with Gasteiger partial charge in [-0.1, -0.05) is 182 Å². The van der Waals surface area contributed by atoms with Crippen molar-refractivity contribution in [3.63, 3.8) is 0 Å². The number of hydrogen-bond donors (Lipinski definition) is 0. The van der Waals surface area contributed by atoms with Crippen LogP contribution in [0, 0.1) is 0 Å². The standard InChI is InChI=1S/C56H35N3O/c1-4-14-38(15-5-1)53-57-54(39-28-26-36(27-29-39)40-30-32-44-45-22-12-16-37-17-13-23-46(52(37)45)47(44)34-40)59-55(58-53)41-31-33-51-49(35-41)56(42-18-6-2-7-19-42,43-20-8-3-9-21-43)48-24-10-11-25-50(48)60-51/h1-35H. The zero-order valence-electron chi connectivity index (χ0n) is 32.5. The third-order valence-electron chi connectivity index (χ3n) is 12.2. The minimum absolute atomic E-state index is 0.590. The third kappa shape index (κ3) is 5.28. The van der Waals surface area contributed by atoms with E-state index in [1.165, 1.54) is 38.6 Å². The van der Waals surface area contributed by atoms with Crippen LogP contribution in [0.25, 0.3) is 78.3 Å². The Morgan fingerprint density at radius 2 is 0.833 bits per heavy atom. The van der Waals surface area contributed by atoms with Crippen LogP contribution >= 0.6 is 0 Å². The molecule has 60 heavy (non-hydrogen) atoms. The first-order valence-electron chi connectivity index (χ1n) is 20.3. The molecule has 10 aromatic rings. The highest BCUT2D eigenvalue weighted by Crippen LogP contribution is 2.56. The zero-order chi connectivity index (χ0) is 39.6. The first-order valence-corrected chi connectivity index (χ1v) is 20.3. The Morgan fingerprint density at radius 1 is 0.317 bits per heavy atom. The summed E-state index contributed by atoms with van der Waals surface area (Å²) in [5.74, 6) is 3.45. The first kappa shape index (κ1) is 34.1. The molecule has 4 heteroatoms. The van der Waals surface area contributed by atoms with Gasteiger partial charge in [-0.2, -0.15) is 0 Å². The monoisotopic (exact) mass is 765 g/mol. The number of nitrogens with zero attached hydrogens (tertiary/aromatic N) is 3. The van der Waals surface area contributed by atoms with E-state index in [4.69, 9.17) is 19.7 Å². The van der Waals surface area contributed by atoms with E-state index in [-0.39, 0.29) is 0 Å². The summed E-state index contributed by atoms with van der Waals surface area (Å²) in [7, 11) is 0. The minimum atomic E-state index is -0.663. The van der Waals surface area contributed by atoms with E-state index in [2.05, 4.69) is 176 Å². The van der Waals surface area contributed by atoms with Gasteiger partial charge in [0.2, 0.25) is 0 Å². The van der Waals surface area contributed by atoms with Gasteiger partial charge in [0.25, 0.3) is 0 Å². The Balaban J connectivity index is 0.990. The van der Waals surface area contributed by atoms with E-state index in [0.717, 1.165) is 56.0 Å². The number of hydrogen-bond acceptors (Lipinski definition) is 4. The van der Waals surface area contributed by atoms with Crippen molar-refractivity contribution in [2.75, 3.05) is 0 Å². The summed E-state index contributed by atoms with van der Waals surface area (Å²) in [5.41, 5.74) is 13.9. The number of fused-ring (bicyclic) bond motifs is 5. The van der Waals surface area contributed by atoms with Crippen LogP contribution in [0.5, 0.6) is 11.5 Å². The second-order valence-corrected chi connectivity index (χ2v) is 15.5. The molecule has 280 valence electrons. The average Bonchev–Trinajstić information content (AvgIpc) is 3.65. The molecule has 12 rings (SSSR count). The predicted molar refractivity (Wildman–Crippen MR) is 242 cm³/mol. The lowest BCUT2D eigenvalue weighted by Crippen LogP contribution is -2.34. The third-order valence-corrected chi connectivity index (χ3v) is 12.2. The van der Waals surface area contributed by atoms with Crippen molar-refractivity contribution in [2.45, 2.75) is 5.41 Å². The van der Waals surface area contributed by atoms with E-state index in [9.17, 15) is 0 Å². The molecule has 0 radical (unpaired) electrons. The van der Waals surface area contributed by atoms with E-state index in [1.54, 1.807) is 0 Å². The Hall–Kier alpha value is -7.95. The smallest absolute Gasteiger partial charge is 0.164 e. The fourth-order valence-electron chi connectivity index (χ4n) is 9.48. The van der Waals surface area contributed by atoms with Gasteiger partial charge in [-0.15, -0.1) is 0 Å². The van der Waals surface area contributed by atoms with Crippen LogP contribution in [-0.2, 0) is 5.41 Å². The van der Waals surface area contributed by atoms with Gasteiger partial charge in [0.1, 0.15) is 11.5 Å². The van der Waals surface area contributed by atoms with Crippen LogP contribution in [0.2, 0.25) is 0 Å². The van der Waals surface area contributed by atoms with Gasteiger partial charge in [0.05, 0.1) is 5.41 Å². The van der Waals surface area contributed by atoms with Gasteiger partial charge in [-0.3, -0.25) is 0 Å². The highest BCUT2D eigenvalue weighted by molar-refractivity contribution is 6.15. The maximum atomic E-state index is 6.70. The van der Waals surface area contributed by atoms with Crippen LogP contribution < -0.4 is 4.74 Å². The molecule has 1 aliphatic carbocycles. The number of aromatic nitrogens is 3. The number of benzene rings is 9. The first-order chi connectivity index (χ1) is 29.7. The normalized spacial score (nSPS) is 12.9. The van der Waals surface area contributed by atoms with Crippen molar-refractivity contribution in [2.24, 2.45) is 0 Å². The second-order valence-electron chi connectivity index (χ2n) is 15.5. The molecule has 0 unspecified atom stereocenters. The lowest BCUT2D eigenvalue weighted by Gasteiger charge is -2.41. The average molecular weight is 766 g/mol. The summed E-state index contributed by atoms with van der Waals surface area (Å²) in [6.07, 6.45) is 0. The van der Waals surface area contributed by atoms with E-state index in [1.807, 2.05) is 36.4 Å². The Morgan fingerprint density at radius 3 is 1.52 bits per heavy atom. The molecule has 9 aromatic carbocycles. The maximum Gasteiger partial charge on any atom is 0.164 e. The topological polar surface area (TPSA) is 47.9 Å². The zero-order valence-corrected chi connectivity index (χ0v) is 32.5. The second kappa shape index (κ2) is 13.6. The number of rotatable bonds is 6. The van der Waals surface area contributed by atoms with Gasteiger partial charge in [-0.25, -0.2) is 15.0 Å². The highest BCUT2D eigenvalue weighted by atomic mass is 16.5. The summed E-state index contributed by atoms with van der Waals surface area (Å²) >= 11 is 0. The van der Waals surface area contributed by atoms with E-state index >= 15 is 0 Å². The summed E-state index contributed by atoms with van der Waals surface area (Å²) in [4.78, 5) is 15.5. The summed E-state index contributed by atoms with van der Waals surface area (Å²) in [5, 5.41) is 2.61. The molecule has 1 aliphatic heterocycles. The molecule has 2 heterocycles. The van der Waals surface area contributed by atoms with E-state index < -0.39 is 5.41 Å². The van der Waals surface area contributed by atoms with Crippen LogP contribution in [0.3, 0.4) is 0 Å². The van der Waals surface area contributed by atoms with E-state index in [0.29, 0.717) is 17.5 Å². The quantitative estimate of drug-likeness (QED) is 0.169. The van der Waals surface area contributed by atoms with Gasteiger partial charge in [-0.05, 0) is 85.6 Å². The SMILES string of the molecule is c1ccc(-c2nc(-c3ccc(-c4ccc5c(c4)-c4cccc6cccc-5c46)cc3)nc(-c3ccc4c(c3)C(c3ccccc3)(c3ccccc3)c3ccccc3O4)n2)cc1. The van der Waals surface area contributed by atoms with Gasteiger partial charge >= 0.3 is 0 Å². The molecule has 0 fully saturated rings. The molecular weight excluding hydrogens is 731 g/mol. The lowest BCUT2D eigenvalue weighted by atomic mass is 9.63. The van der Waals surface area contributed by atoms with Crippen molar-refractivity contribution < 1.29 is 4.74 Å². The largest absolute Gasteiger partial charge is 0.457 e. The van der Waals surface area contributed by atoms with Crippen molar-refractivity contribution in [1.29, 1.82) is 0 Å². The van der Waals surface area contributed by atoms with Crippen LogP contribution in [0.4, 0.5) is 0 Å². The molecule has 0 saturated heterocycles. The van der Waals surface area contributed by atoms with Crippen molar-refractivity contribution in [3.05, 3.63) is 235 Å². The summed E-state index contributed by atoms with van der Waals surface area (Å²) in [6, 6.07) is 74.9. The van der Waals surface area contributed by atoms with Crippen molar-refractivity contribution >= 4 is 10.8 Å². The minimum Gasteiger partial charge on any atom is -0.457 e. The van der Waals surface area contributed by atoms with Crippen LogP contribution in [-0.4, -0.2) is 15.0 Å². The van der Waals surface area contributed by atoms with Crippen LogP contribution in [0.1, 0.15) is 22.3 Å². The molecule has 0 amide bonds. The summed E-state index contributed by atoms with van der Waals surface area (Å²) < 4.78 is 6.70. The Bertz CT molecular complexity index is 3230. The molecule has 0 atom stereocenters. The van der Waals surface area contributed by atoms with Gasteiger partial charge < -0.3 is 4.74 Å². The summed E-state index contributed by atoms with van der Waals surface area (Å²) in [6.45, 7) is 0. The molecule has 0 N–H and O–H groups in total. The molecular formula is C56H35N3O. The lowest BCUT2D eigenvalue weighted by molar-refractivity contribution is 0.434. The number of ether oxygens (including phenoxy) is 1. The molecule has 0 spiro atoms. The van der Waals surface area contributed by atoms with Gasteiger partial charge in [0, 0.05) is 27.8 Å². The molecule has 2 aliphatic rings. The Labute approximate surface area is 348 Å². The highest BCUT2D eigenvalue weighted by Gasteiger charge is 2.45. The van der Waals surface area contributed by atoms with Gasteiger partial charge in [0.15, 0.2) is 17.5 Å². The fourth-order valence-corrected chi connectivity index (χ4v) is 9.48. The molecule has 0 saturated carbocycles. The van der Waals surface area contributed by atoms with Crippen molar-refractivity contribution in [1.82, 2.24) is 15.0 Å². The van der Waals surface area contributed by atoms with Crippen LogP contribution in [0.15, 0.2) is 212 Å². The number of para-hydroxylation sites is 1. The van der Waals surface area contributed by atoms with Crippen molar-refractivity contribution in [3.8, 4) is 79.0 Å². The predicted octanol–water partition coefficient (Wildman–Crippen LogP) is 13.8. The fraction of sp³-hybridized carbons (Fsp3) is 0.0179. The maximum absolute atomic E-state index is 6.70.